The molecular weight excluding hydrogens is 377 g/mol. The van der Waals surface area contributed by atoms with Gasteiger partial charge in [0.2, 0.25) is 0 Å². The van der Waals surface area contributed by atoms with Crippen LogP contribution in [0.3, 0.4) is 0 Å². The van der Waals surface area contributed by atoms with E-state index in [2.05, 4.69) is 11.8 Å². The highest BCUT2D eigenvalue weighted by molar-refractivity contribution is 8.19. The van der Waals surface area contributed by atoms with Crippen molar-refractivity contribution < 1.29 is 13.2 Å². The quantitative estimate of drug-likeness (QED) is 0.678. The lowest BCUT2D eigenvalue weighted by atomic mass is 9.78. The fourth-order valence-corrected chi connectivity index (χ4v) is 6.89. The molecule has 26 heavy (non-hydrogen) atoms. The Morgan fingerprint density at radius 3 is 2.35 bits per heavy atom. The number of allylic oxidation sites excluding steroid dienone is 1. The number of rotatable bonds is 3. The van der Waals surface area contributed by atoms with Crippen LogP contribution in [0, 0.1) is 12.8 Å². The summed E-state index contributed by atoms with van der Waals surface area (Å²) in [5.74, 6) is 0.487. The summed E-state index contributed by atoms with van der Waals surface area (Å²) in [7, 11) is 0. The summed E-state index contributed by atoms with van der Waals surface area (Å²) in [6.07, 6.45) is -0.706. The second kappa shape index (κ2) is 6.99. The average Bonchev–Trinajstić information content (AvgIpc) is 3.02. The monoisotopic (exact) mass is 400 g/mol. The molecule has 4 aliphatic heterocycles. The molecular formula is C19H23F3N2S2. The Bertz CT molecular complexity index is 679. The highest BCUT2D eigenvalue weighted by atomic mass is 32.2. The molecule has 2 nitrogen and oxygen atoms in total. The van der Waals surface area contributed by atoms with E-state index < -0.39 is 11.1 Å². The molecule has 4 heterocycles. The summed E-state index contributed by atoms with van der Waals surface area (Å²) < 4.78 is 40.0. The molecule has 0 radical (unpaired) electrons. The SMILES string of the molecule is Cc1ccc(SC2SC(C(F)(F)F)=CN2[C@@H]2C3CCN(CC3)[C@H]2C)cc1. The first-order valence-corrected chi connectivity index (χ1v) is 10.8. The maximum absolute atomic E-state index is 13.4. The molecule has 1 unspecified atom stereocenters. The van der Waals surface area contributed by atoms with Crippen molar-refractivity contribution >= 4 is 23.5 Å². The molecule has 3 atom stereocenters. The third-order valence-corrected chi connectivity index (χ3v) is 8.35. The number of fused-ring (bicyclic) bond motifs is 3. The molecule has 1 aromatic carbocycles. The first kappa shape index (κ1) is 18.6. The number of benzene rings is 1. The van der Waals surface area contributed by atoms with E-state index in [1.54, 1.807) is 0 Å². The molecule has 0 aliphatic carbocycles. The molecule has 5 rings (SSSR count). The van der Waals surface area contributed by atoms with Crippen LogP contribution in [0.2, 0.25) is 0 Å². The second-order valence-corrected chi connectivity index (χ2v) is 9.97. The number of piperidine rings is 3. The number of aryl methyl sites for hydroxylation is 1. The van der Waals surface area contributed by atoms with Crippen molar-refractivity contribution in [3.8, 4) is 0 Å². The lowest BCUT2D eigenvalue weighted by molar-refractivity contribution is -0.0846. The van der Waals surface area contributed by atoms with Crippen LogP contribution in [0.5, 0.6) is 0 Å². The molecule has 2 bridgehead atoms. The van der Waals surface area contributed by atoms with Crippen molar-refractivity contribution in [3.05, 3.63) is 40.9 Å². The molecule has 0 N–H and O–H groups in total. The molecule has 1 aromatic rings. The Balaban J connectivity index is 1.61. The first-order valence-electron chi connectivity index (χ1n) is 9.03. The molecule has 4 aliphatic rings. The van der Waals surface area contributed by atoms with Gasteiger partial charge >= 0.3 is 6.18 Å². The van der Waals surface area contributed by atoms with E-state index in [-0.39, 0.29) is 10.7 Å². The van der Waals surface area contributed by atoms with Crippen molar-refractivity contribution in [1.29, 1.82) is 0 Å². The van der Waals surface area contributed by atoms with E-state index in [1.807, 2.05) is 36.1 Å². The normalized spacial score (nSPS) is 34.3. The molecule has 3 fully saturated rings. The molecule has 3 saturated heterocycles. The van der Waals surface area contributed by atoms with Crippen LogP contribution in [-0.2, 0) is 0 Å². The van der Waals surface area contributed by atoms with Crippen LogP contribution in [0.1, 0.15) is 25.3 Å². The fourth-order valence-electron chi connectivity index (χ4n) is 4.35. The maximum Gasteiger partial charge on any atom is 0.423 e. The zero-order chi connectivity index (χ0) is 18.5. The number of hydrogen-bond acceptors (Lipinski definition) is 4. The van der Waals surface area contributed by atoms with Gasteiger partial charge in [-0.2, -0.15) is 13.2 Å². The van der Waals surface area contributed by atoms with Gasteiger partial charge in [-0.15, -0.1) is 0 Å². The number of nitrogens with zero attached hydrogens (tertiary/aromatic N) is 2. The van der Waals surface area contributed by atoms with Gasteiger partial charge in [0, 0.05) is 23.2 Å². The Hall–Kier alpha value is -0.790. The number of hydrogen-bond donors (Lipinski definition) is 0. The molecule has 0 spiro atoms. The highest BCUT2D eigenvalue weighted by Crippen LogP contribution is 2.51. The molecule has 142 valence electrons. The Labute approximate surface area is 161 Å². The minimum atomic E-state index is -4.28. The molecule has 0 amide bonds. The van der Waals surface area contributed by atoms with E-state index in [9.17, 15) is 13.2 Å². The van der Waals surface area contributed by atoms with E-state index in [4.69, 9.17) is 0 Å². The van der Waals surface area contributed by atoms with E-state index >= 15 is 0 Å². The zero-order valence-corrected chi connectivity index (χ0v) is 16.5. The van der Waals surface area contributed by atoms with E-state index in [0.717, 1.165) is 48.2 Å². The minimum absolute atomic E-state index is 0.160. The van der Waals surface area contributed by atoms with Gasteiger partial charge in [-0.3, -0.25) is 4.90 Å². The third-order valence-electron chi connectivity index (χ3n) is 5.75. The smallest absolute Gasteiger partial charge is 0.351 e. The topological polar surface area (TPSA) is 6.48 Å². The number of thioether (sulfide) groups is 2. The van der Waals surface area contributed by atoms with E-state index in [0.29, 0.717) is 12.0 Å². The van der Waals surface area contributed by atoms with Crippen LogP contribution < -0.4 is 0 Å². The molecule has 0 saturated carbocycles. The lowest BCUT2D eigenvalue weighted by Gasteiger charge is -2.53. The number of halogens is 3. The minimum Gasteiger partial charge on any atom is -0.351 e. The van der Waals surface area contributed by atoms with Crippen molar-refractivity contribution in [2.45, 2.75) is 54.6 Å². The first-order chi connectivity index (χ1) is 12.3. The van der Waals surface area contributed by atoms with Crippen LogP contribution in [0.4, 0.5) is 13.2 Å². The number of alkyl halides is 3. The standard InChI is InChI=1S/C19H23F3N2S2/c1-12-3-5-15(6-4-12)25-18-24(11-16(26-18)19(20,21)22)17-13(2)23-9-7-14(17)8-10-23/h3-6,11,13-14,17-18H,7-10H2,1-2H3/t13-,17-,18?/m0/s1. The van der Waals surface area contributed by atoms with Crippen LogP contribution >= 0.6 is 23.5 Å². The summed E-state index contributed by atoms with van der Waals surface area (Å²) in [4.78, 5) is 5.00. The van der Waals surface area contributed by atoms with Crippen molar-refractivity contribution in [3.63, 3.8) is 0 Å². The van der Waals surface area contributed by atoms with Crippen molar-refractivity contribution in [2.24, 2.45) is 5.92 Å². The van der Waals surface area contributed by atoms with E-state index in [1.165, 1.54) is 18.0 Å². The van der Waals surface area contributed by atoms with Gasteiger partial charge in [-0.05, 0) is 57.8 Å². The van der Waals surface area contributed by atoms with Gasteiger partial charge < -0.3 is 4.90 Å². The lowest BCUT2D eigenvalue weighted by Crippen LogP contribution is -2.61. The zero-order valence-electron chi connectivity index (χ0n) is 14.9. The second-order valence-electron chi connectivity index (χ2n) is 7.40. The average molecular weight is 401 g/mol. The maximum atomic E-state index is 13.4. The van der Waals surface area contributed by atoms with Crippen molar-refractivity contribution in [1.82, 2.24) is 9.80 Å². The van der Waals surface area contributed by atoms with Crippen LogP contribution in [0.15, 0.2) is 40.3 Å². The summed E-state index contributed by atoms with van der Waals surface area (Å²) in [6, 6.07) is 8.50. The predicted molar refractivity (Wildman–Crippen MR) is 102 cm³/mol. The molecule has 0 aromatic heterocycles. The van der Waals surface area contributed by atoms with Gasteiger partial charge in [0.25, 0.3) is 0 Å². The van der Waals surface area contributed by atoms with Gasteiger partial charge in [0.15, 0.2) is 0 Å². The van der Waals surface area contributed by atoms with Gasteiger partial charge in [-0.25, -0.2) is 0 Å². The predicted octanol–water partition coefficient (Wildman–Crippen LogP) is 5.31. The fraction of sp³-hybridized carbons (Fsp3) is 0.579. The largest absolute Gasteiger partial charge is 0.423 e. The van der Waals surface area contributed by atoms with Gasteiger partial charge in [0.1, 0.15) is 9.61 Å². The summed E-state index contributed by atoms with van der Waals surface area (Å²) in [6.45, 7) is 6.35. The third kappa shape index (κ3) is 3.50. The summed E-state index contributed by atoms with van der Waals surface area (Å²) >= 11 is 2.48. The van der Waals surface area contributed by atoms with Gasteiger partial charge in [-0.1, -0.05) is 41.2 Å². The van der Waals surface area contributed by atoms with Gasteiger partial charge in [0.05, 0.1) is 0 Å². The van der Waals surface area contributed by atoms with Crippen molar-refractivity contribution in [2.75, 3.05) is 13.1 Å². The Morgan fingerprint density at radius 2 is 1.77 bits per heavy atom. The summed E-state index contributed by atoms with van der Waals surface area (Å²) in [5, 5.41) is 0. The van der Waals surface area contributed by atoms with Crippen LogP contribution in [0.25, 0.3) is 0 Å². The Kier molecular flexibility index (Phi) is 4.99. The Morgan fingerprint density at radius 1 is 1.12 bits per heavy atom. The highest BCUT2D eigenvalue weighted by Gasteiger charge is 2.49. The van der Waals surface area contributed by atoms with Crippen LogP contribution in [-0.4, -0.2) is 45.9 Å². The molecule has 7 heteroatoms. The summed E-state index contributed by atoms with van der Waals surface area (Å²) in [5.41, 5.74) is 1.16.